The number of benzene rings is 1. The topological polar surface area (TPSA) is 73.6 Å². The zero-order valence-electron chi connectivity index (χ0n) is 15.7. The number of alkyl halides is 2. The van der Waals surface area contributed by atoms with Crippen LogP contribution in [0, 0.1) is 17.2 Å². The summed E-state index contributed by atoms with van der Waals surface area (Å²) >= 11 is 0. The fourth-order valence-corrected chi connectivity index (χ4v) is 4.17. The van der Waals surface area contributed by atoms with Gasteiger partial charge in [-0.2, -0.15) is 0 Å². The molecule has 1 aliphatic carbocycles. The molecular weight excluding hydrogens is 390 g/mol. The maximum absolute atomic E-state index is 13.8. The highest BCUT2D eigenvalue weighted by Gasteiger charge is 2.54. The number of carbonyl (C=O) groups excluding carboxylic acids is 1. The van der Waals surface area contributed by atoms with Crippen LogP contribution in [0.2, 0.25) is 0 Å². The van der Waals surface area contributed by atoms with E-state index < -0.39 is 29.8 Å². The Morgan fingerprint density at radius 3 is 2.68 bits per heavy atom. The van der Waals surface area contributed by atoms with Gasteiger partial charge in [-0.1, -0.05) is 30.3 Å². The summed E-state index contributed by atoms with van der Waals surface area (Å²) in [5.41, 5.74) is -1.78. The summed E-state index contributed by atoms with van der Waals surface area (Å²) in [5.74, 6) is -4.55. The summed E-state index contributed by atoms with van der Waals surface area (Å²) in [6.45, 7) is 1.53. The molecular formula is C20H27ClF2N2O3. The number of hydrogen-bond acceptors (Lipinski definition) is 4. The van der Waals surface area contributed by atoms with E-state index >= 15 is 0 Å². The van der Waals surface area contributed by atoms with Gasteiger partial charge in [-0.25, -0.2) is 13.6 Å². The second kappa shape index (κ2) is 9.18. The number of aliphatic hydroxyl groups is 1. The van der Waals surface area contributed by atoms with E-state index in [4.69, 9.17) is 10.1 Å². The van der Waals surface area contributed by atoms with Crippen LogP contribution in [0.25, 0.3) is 0 Å². The SMILES string of the molecule is Cl.N=CN1CCC[C@@H](COC(=O)[C@](O)(c2ccccc2)[C@@H]2CCC(F)(F)C2)C1. The van der Waals surface area contributed by atoms with Gasteiger partial charge in [0.1, 0.15) is 0 Å². The predicted molar refractivity (Wildman–Crippen MR) is 104 cm³/mol. The first-order valence-electron chi connectivity index (χ1n) is 9.43. The first-order valence-corrected chi connectivity index (χ1v) is 9.43. The summed E-state index contributed by atoms with van der Waals surface area (Å²) in [6, 6.07) is 8.24. The van der Waals surface area contributed by atoms with Gasteiger partial charge in [0, 0.05) is 37.8 Å². The largest absolute Gasteiger partial charge is 0.463 e. The standard InChI is InChI=1S/C20H26F2N2O3.ClH/c21-19(22)9-8-17(11-19)20(26,16-6-2-1-3-7-16)18(25)27-13-15-5-4-10-24(12-15)14-23;/h1-3,6-7,14-15,17,23,26H,4-5,8-13H2;1H/t15-,17-,20+;/m1./s1. The number of nitrogens with zero attached hydrogens (tertiary/aromatic N) is 1. The van der Waals surface area contributed by atoms with Crippen molar-refractivity contribution in [3.05, 3.63) is 35.9 Å². The highest BCUT2D eigenvalue weighted by atomic mass is 35.5. The molecule has 0 spiro atoms. The Kier molecular flexibility index (Phi) is 7.39. The predicted octanol–water partition coefficient (Wildman–Crippen LogP) is 3.59. The van der Waals surface area contributed by atoms with E-state index in [1.54, 1.807) is 30.3 Å². The number of likely N-dealkylation sites (tertiary alicyclic amines) is 1. The average Bonchev–Trinajstić information content (AvgIpc) is 3.06. The molecule has 3 atom stereocenters. The minimum absolute atomic E-state index is 0. The van der Waals surface area contributed by atoms with E-state index in [9.17, 15) is 18.7 Å². The first-order chi connectivity index (χ1) is 12.8. The normalized spacial score (nSPS) is 26.0. The number of rotatable bonds is 6. The Labute approximate surface area is 170 Å². The Hall–Kier alpha value is -1.73. The number of nitrogens with one attached hydrogen (secondary N) is 1. The zero-order chi connectivity index (χ0) is 19.5. The maximum atomic E-state index is 13.8. The molecule has 1 heterocycles. The van der Waals surface area contributed by atoms with Crippen LogP contribution < -0.4 is 0 Å². The molecule has 1 aromatic rings. The molecule has 5 nitrogen and oxygen atoms in total. The quantitative estimate of drug-likeness (QED) is 0.422. The summed E-state index contributed by atoms with van der Waals surface area (Å²) in [4.78, 5) is 14.7. The van der Waals surface area contributed by atoms with Crippen molar-refractivity contribution in [3.63, 3.8) is 0 Å². The lowest BCUT2D eigenvalue weighted by molar-refractivity contribution is -0.176. The second-order valence-corrected chi connectivity index (χ2v) is 7.66. The van der Waals surface area contributed by atoms with Crippen LogP contribution in [0.4, 0.5) is 8.78 Å². The van der Waals surface area contributed by atoms with E-state index in [1.165, 1.54) is 6.34 Å². The van der Waals surface area contributed by atoms with Gasteiger partial charge in [-0.15, -0.1) is 12.4 Å². The van der Waals surface area contributed by atoms with Crippen molar-refractivity contribution in [1.82, 2.24) is 4.90 Å². The Morgan fingerprint density at radius 1 is 1.36 bits per heavy atom. The molecule has 3 rings (SSSR count). The number of halogens is 3. The fraction of sp³-hybridized carbons (Fsp3) is 0.600. The van der Waals surface area contributed by atoms with Gasteiger partial charge in [0.15, 0.2) is 5.60 Å². The molecule has 156 valence electrons. The third-order valence-corrected chi connectivity index (χ3v) is 5.70. The summed E-state index contributed by atoms with van der Waals surface area (Å²) in [6.07, 6.45) is 2.24. The maximum Gasteiger partial charge on any atom is 0.343 e. The van der Waals surface area contributed by atoms with E-state index in [1.807, 2.05) is 4.90 Å². The molecule has 0 aromatic heterocycles. The van der Waals surface area contributed by atoms with Crippen LogP contribution >= 0.6 is 12.4 Å². The van der Waals surface area contributed by atoms with Crippen LogP contribution in [-0.2, 0) is 15.1 Å². The molecule has 0 amide bonds. The lowest BCUT2D eigenvalue weighted by atomic mass is 9.80. The third kappa shape index (κ3) is 4.81. The molecule has 2 N–H and O–H groups in total. The van der Waals surface area contributed by atoms with Crippen molar-refractivity contribution in [3.8, 4) is 0 Å². The highest BCUT2D eigenvalue weighted by Crippen LogP contribution is 2.48. The van der Waals surface area contributed by atoms with E-state index in [0.29, 0.717) is 12.1 Å². The average molecular weight is 417 g/mol. The van der Waals surface area contributed by atoms with Crippen LogP contribution in [0.15, 0.2) is 30.3 Å². The third-order valence-electron chi connectivity index (χ3n) is 5.70. The molecule has 8 heteroatoms. The lowest BCUT2D eigenvalue weighted by Gasteiger charge is -2.34. The molecule has 1 aliphatic heterocycles. The van der Waals surface area contributed by atoms with Gasteiger partial charge >= 0.3 is 5.97 Å². The molecule has 0 unspecified atom stereocenters. The lowest BCUT2D eigenvalue weighted by Crippen LogP contribution is -2.45. The zero-order valence-corrected chi connectivity index (χ0v) is 16.5. The molecule has 0 radical (unpaired) electrons. The van der Waals surface area contributed by atoms with Crippen molar-refractivity contribution in [2.75, 3.05) is 19.7 Å². The van der Waals surface area contributed by atoms with Crippen molar-refractivity contribution >= 4 is 24.7 Å². The molecule has 2 fully saturated rings. The van der Waals surface area contributed by atoms with Crippen LogP contribution in [-0.4, -0.2) is 47.9 Å². The van der Waals surface area contributed by atoms with E-state index in [2.05, 4.69) is 0 Å². The minimum atomic E-state index is -2.87. The van der Waals surface area contributed by atoms with Crippen molar-refractivity contribution < 1.29 is 23.4 Å². The van der Waals surface area contributed by atoms with Crippen LogP contribution in [0.3, 0.4) is 0 Å². The van der Waals surface area contributed by atoms with Crippen LogP contribution in [0.5, 0.6) is 0 Å². The van der Waals surface area contributed by atoms with E-state index in [0.717, 1.165) is 19.4 Å². The Balaban J connectivity index is 0.00000280. The number of hydrogen-bond donors (Lipinski definition) is 2. The molecule has 1 aromatic carbocycles. The molecule has 0 bridgehead atoms. The summed E-state index contributed by atoms with van der Waals surface area (Å²) in [7, 11) is 0. The van der Waals surface area contributed by atoms with Gasteiger partial charge < -0.3 is 14.7 Å². The van der Waals surface area contributed by atoms with Crippen molar-refractivity contribution in [2.45, 2.75) is 43.6 Å². The number of ether oxygens (including phenoxy) is 1. The minimum Gasteiger partial charge on any atom is -0.463 e. The molecule has 28 heavy (non-hydrogen) atoms. The first kappa shape index (κ1) is 22.6. The Bertz CT molecular complexity index is 677. The monoisotopic (exact) mass is 416 g/mol. The number of carbonyl (C=O) groups is 1. The van der Waals surface area contributed by atoms with Gasteiger partial charge in [0.25, 0.3) is 0 Å². The Morgan fingerprint density at radius 2 is 2.07 bits per heavy atom. The number of piperidine rings is 1. The highest BCUT2D eigenvalue weighted by molar-refractivity contribution is 5.85. The molecule has 1 saturated carbocycles. The second-order valence-electron chi connectivity index (χ2n) is 7.66. The van der Waals surface area contributed by atoms with Crippen molar-refractivity contribution in [2.24, 2.45) is 11.8 Å². The van der Waals surface area contributed by atoms with Crippen LogP contribution in [0.1, 0.15) is 37.7 Å². The summed E-state index contributed by atoms with van der Waals surface area (Å²) < 4.78 is 33.0. The van der Waals surface area contributed by atoms with Gasteiger partial charge in [0.2, 0.25) is 5.92 Å². The smallest absolute Gasteiger partial charge is 0.343 e. The fourth-order valence-electron chi connectivity index (χ4n) is 4.17. The van der Waals surface area contributed by atoms with Gasteiger partial charge in [0.05, 0.1) is 12.9 Å². The van der Waals surface area contributed by atoms with Gasteiger partial charge in [-0.3, -0.25) is 5.41 Å². The van der Waals surface area contributed by atoms with Crippen molar-refractivity contribution in [1.29, 1.82) is 5.41 Å². The number of esters is 1. The molecule has 1 saturated heterocycles. The van der Waals surface area contributed by atoms with Gasteiger partial charge in [-0.05, 0) is 24.8 Å². The molecule has 2 aliphatic rings. The van der Waals surface area contributed by atoms with E-state index in [-0.39, 0.29) is 37.8 Å². The summed E-state index contributed by atoms with van der Waals surface area (Å²) in [5, 5.41) is 18.6.